The van der Waals surface area contributed by atoms with Crippen LogP contribution in [0.25, 0.3) is 0 Å². The first-order valence-corrected chi connectivity index (χ1v) is 7.12. The number of hydrogen-bond donors (Lipinski definition) is 0. The largest absolute Gasteiger partial charge is 0.274 e. The lowest BCUT2D eigenvalue weighted by Gasteiger charge is -1.99. The third-order valence-corrected chi connectivity index (χ3v) is 4.32. The van der Waals surface area contributed by atoms with E-state index in [1.54, 1.807) is 12.1 Å². The molecule has 0 bridgehead atoms. The van der Waals surface area contributed by atoms with Crippen LogP contribution in [0.4, 0.5) is 0 Å². The zero-order valence-electron chi connectivity index (χ0n) is 9.91. The van der Waals surface area contributed by atoms with Gasteiger partial charge in [-0.1, -0.05) is 27.5 Å². The lowest BCUT2D eigenvalue weighted by Crippen LogP contribution is -2.16. The van der Waals surface area contributed by atoms with Crippen LogP contribution in [0.15, 0.2) is 16.6 Å². The Balaban J connectivity index is 0.000000200. The highest BCUT2D eigenvalue weighted by atomic mass is 79.9. The van der Waals surface area contributed by atoms with Crippen molar-refractivity contribution < 1.29 is 9.59 Å². The number of hydrogen-bond acceptors (Lipinski definition) is 3. The van der Waals surface area contributed by atoms with E-state index in [0.29, 0.717) is 23.4 Å². The molecule has 1 aliphatic heterocycles. The molecule has 0 radical (unpaired) electrons. The summed E-state index contributed by atoms with van der Waals surface area (Å²) in [6.07, 6.45) is 0.703. The predicted octanol–water partition coefficient (Wildman–Crippen LogP) is 3.73. The number of nitrogens with zero attached hydrogens (tertiary/aromatic N) is 2. The number of aryl methyl sites for hydroxylation is 1. The minimum absolute atomic E-state index is 0.144. The van der Waals surface area contributed by atoms with Gasteiger partial charge in [-0.3, -0.25) is 9.59 Å². The average Bonchev–Trinajstić information content (AvgIpc) is 2.66. The first-order chi connectivity index (χ1) is 8.86. The van der Waals surface area contributed by atoms with E-state index in [9.17, 15) is 9.59 Å². The van der Waals surface area contributed by atoms with Crippen molar-refractivity contribution >= 4 is 55.5 Å². The zero-order chi connectivity index (χ0) is 14.6. The van der Waals surface area contributed by atoms with Gasteiger partial charge in [-0.25, -0.2) is 3.93 Å². The number of rotatable bonds is 0. The molecule has 1 heterocycles. The maximum absolute atomic E-state index is 10.4. The molecule has 0 saturated carbocycles. The summed E-state index contributed by atoms with van der Waals surface area (Å²) in [7, 11) is 0. The monoisotopic (exact) mass is 406 g/mol. The van der Waals surface area contributed by atoms with Gasteiger partial charge in [0.2, 0.25) is 11.8 Å². The van der Waals surface area contributed by atoms with Crippen LogP contribution in [0.1, 0.15) is 24.0 Å². The number of benzene rings is 1. The minimum atomic E-state index is -0.144. The van der Waals surface area contributed by atoms with Crippen molar-refractivity contribution in [2.45, 2.75) is 19.8 Å². The van der Waals surface area contributed by atoms with Crippen LogP contribution in [0.2, 0.25) is 5.02 Å². The van der Waals surface area contributed by atoms with E-state index in [0.717, 1.165) is 14.0 Å². The number of carbonyl (C=O) groups is 2. The van der Waals surface area contributed by atoms with Crippen molar-refractivity contribution in [3.63, 3.8) is 0 Å². The first-order valence-electron chi connectivity index (χ1n) is 5.24. The maximum atomic E-state index is 10.4. The average molecular weight is 408 g/mol. The molecule has 1 aromatic rings. The van der Waals surface area contributed by atoms with Crippen molar-refractivity contribution in [3.05, 3.63) is 32.8 Å². The summed E-state index contributed by atoms with van der Waals surface area (Å²) in [5.74, 6) is -0.287. The van der Waals surface area contributed by atoms with Gasteiger partial charge in [0.15, 0.2) is 0 Å². The molecule has 1 fully saturated rings. The van der Waals surface area contributed by atoms with Gasteiger partial charge in [0.05, 0.1) is 26.7 Å². The first kappa shape index (κ1) is 16.2. The van der Waals surface area contributed by atoms with Crippen LogP contribution >= 0.6 is 43.7 Å². The highest BCUT2D eigenvalue weighted by molar-refractivity contribution is 9.10. The molecule has 2 rings (SSSR count). The van der Waals surface area contributed by atoms with Gasteiger partial charge < -0.3 is 0 Å². The Morgan fingerprint density at radius 2 is 1.84 bits per heavy atom. The van der Waals surface area contributed by atoms with E-state index in [2.05, 4.69) is 32.1 Å². The fourth-order valence-electron chi connectivity index (χ4n) is 1.28. The molecule has 1 aliphatic rings. The molecular formula is C12H9Br2ClN2O2. The number of halogens is 3. The van der Waals surface area contributed by atoms with Crippen LogP contribution in [0.3, 0.4) is 0 Å². The maximum Gasteiger partial charge on any atom is 0.239 e. The molecule has 0 aromatic heterocycles. The molecule has 0 spiro atoms. The normalized spacial score (nSPS) is 13.9. The molecule has 2 amide bonds. The van der Waals surface area contributed by atoms with Crippen LogP contribution in [0.5, 0.6) is 0 Å². The second-order valence-electron chi connectivity index (χ2n) is 3.76. The van der Waals surface area contributed by atoms with Crippen molar-refractivity contribution in [2.24, 2.45) is 0 Å². The third kappa shape index (κ3) is 4.30. The quantitative estimate of drug-likeness (QED) is 0.485. The Hall–Kier alpha value is -0.900. The Morgan fingerprint density at radius 1 is 1.32 bits per heavy atom. The van der Waals surface area contributed by atoms with Crippen LogP contribution < -0.4 is 0 Å². The number of imide groups is 1. The third-order valence-electron chi connectivity index (χ3n) is 2.36. The summed E-state index contributed by atoms with van der Waals surface area (Å²) in [5.41, 5.74) is 1.54. The number of nitriles is 1. The van der Waals surface area contributed by atoms with Crippen molar-refractivity contribution in [1.29, 1.82) is 5.26 Å². The topological polar surface area (TPSA) is 61.2 Å². The van der Waals surface area contributed by atoms with Gasteiger partial charge in [0.1, 0.15) is 6.07 Å². The molecule has 100 valence electrons. The van der Waals surface area contributed by atoms with Gasteiger partial charge in [0.25, 0.3) is 0 Å². The van der Waals surface area contributed by atoms with Crippen LogP contribution in [-0.4, -0.2) is 15.7 Å². The minimum Gasteiger partial charge on any atom is -0.274 e. The lowest BCUT2D eigenvalue weighted by molar-refractivity contribution is -0.131. The van der Waals surface area contributed by atoms with E-state index in [4.69, 9.17) is 16.9 Å². The van der Waals surface area contributed by atoms with Crippen molar-refractivity contribution in [3.8, 4) is 6.07 Å². The van der Waals surface area contributed by atoms with Gasteiger partial charge in [-0.2, -0.15) is 5.26 Å². The number of amides is 2. The van der Waals surface area contributed by atoms with Crippen LogP contribution in [-0.2, 0) is 9.59 Å². The molecule has 0 unspecified atom stereocenters. The second kappa shape index (κ2) is 7.04. The summed E-state index contributed by atoms with van der Waals surface area (Å²) in [4.78, 5) is 20.9. The molecule has 1 aromatic carbocycles. The van der Waals surface area contributed by atoms with Gasteiger partial charge >= 0.3 is 0 Å². The van der Waals surface area contributed by atoms with Gasteiger partial charge in [-0.05, 0) is 24.6 Å². The second-order valence-corrected chi connectivity index (χ2v) is 5.73. The summed E-state index contributed by atoms with van der Waals surface area (Å²) < 4.78 is 1.89. The Kier molecular flexibility index (Phi) is 5.98. The lowest BCUT2D eigenvalue weighted by atomic mass is 10.2. The summed E-state index contributed by atoms with van der Waals surface area (Å²) in [6.45, 7) is 1.93. The Bertz CT molecular complexity index is 554. The summed E-state index contributed by atoms with van der Waals surface area (Å²) in [6, 6.07) is 5.49. The highest BCUT2D eigenvalue weighted by Crippen LogP contribution is 2.24. The van der Waals surface area contributed by atoms with E-state index >= 15 is 0 Å². The van der Waals surface area contributed by atoms with Gasteiger partial charge in [-0.15, -0.1) is 0 Å². The summed E-state index contributed by atoms with van der Waals surface area (Å²) in [5, 5.41) is 9.09. The van der Waals surface area contributed by atoms with E-state index in [1.165, 1.54) is 0 Å². The van der Waals surface area contributed by atoms with E-state index in [1.807, 2.05) is 13.0 Å². The zero-order valence-corrected chi connectivity index (χ0v) is 13.8. The molecule has 0 N–H and O–H groups in total. The molecule has 1 saturated heterocycles. The summed E-state index contributed by atoms with van der Waals surface area (Å²) >= 11 is 11.9. The van der Waals surface area contributed by atoms with Gasteiger partial charge in [0, 0.05) is 17.3 Å². The Morgan fingerprint density at radius 3 is 2.21 bits per heavy atom. The molecule has 19 heavy (non-hydrogen) atoms. The SMILES string of the molecule is Cc1cc(Cl)c(C#N)cc1Br.O=C1CCC(=O)N1Br. The molecular weight excluding hydrogens is 399 g/mol. The standard InChI is InChI=1S/C8H5BrClN.C4H4BrNO2/c1-5-2-8(10)6(4-11)3-7(5)9;5-6-3(7)1-2-4(6)8/h2-3H,1H3;1-2H2. The predicted molar refractivity (Wildman–Crippen MR) is 78.6 cm³/mol. The van der Waals surface area contributed by atoms with E-state index in [-0.39, 0.29) is 11.8 Å². The fraction of sp³-hybridized carbons (Fsp3) is 0.250. The van der Waals surface area contributed by atoms with E-state index < -0.39 is 0 Å². The smallest absolute Gasteiger partial charge is 0.239 e. The molecule has 7 heteroatoms. The van der Waals surface area contributed by atoms with Crippen molar-refractivity contribution in [1.82, 2.24) is 3.93 Å². The Labute approximate surface area is 132 Å². The molecule has 0 atom stereocenters. The molecule has 0 aliphatic carbocycles. The fourth-order valence-corrected chi connectivity index (χ4v) is 2.24. The van der Waals surface area contributed by atoms with Crippen LogP contribution in [0, 0.1) is 18.3 Å². The molecule has 4 nitrogen and oxygen atoms in total. The van der Waals surface area contributed by atoms with Crippen molar-refractivity contribution in [2.75, 3.05) is 0 Å². The number of carbonyl (C=O) groups excluding carboxylic acids is 2. The highest BCUT2D eigenvalue weighted by Gasteiger charge is 2.26.